The molecule has 0 radical (unpaired) electrons. The van der Waals surface area contributed by atoms with E-state index in [-0.39, 0.29) is 12.2 Å². The molecule has 1 fully saturated rings. The Balaban J connectivity index is 2.53. The van der Waals surface area contributed by atoms with Gasteiger partial charge >= 0.3 is 0 Å². The molecule has 0 aromatic heterocycles. The standard InChI is InChI=1S/C11H23NO2/c1-2-6-11(9-12,14-8-7-13)10-4-3-5-10/h10,13H,2-9,12H2,1H3. The van der Waals surface area contributed by atoms with Crippen LogP contribution in [0.25, 0.3) is 0 Å². The second-order valence-electron chi connectivity index (χ2n) is 4.22. The van der Waals surface area contributed by atoms with Gasteiger partial charge in [-0.1, -0.05) is 19.8 Å². The number of rotatable bonds is 7. The van der Waals surface area contributed by atoms with Gasteiger partial charge in [0.15, 0.2) is 0 Å². The molecule has 0 aromatic rings. The van der Waals surface area contributed by atoms with Crippen molar-refractivity contribution in [2.45, 2.75) is 44.6 Å². The van der Waals surface area contributed by atoms with Crippen LogP contribution >= 0.6 is 0 Å². The van der Waals surface area contributed by atoms with Gasteiger partial charge in [-0.2, -0.15) is 0 Å². The number of aliphatic hydroxyl groups is 1. The molecule has 84 valence electrons. The number of aliphatic hydroxyl groups excluding tert-OH is 1. The Morgan fingerprint density at radius 3 is 2.57 bits per heavy atom. The Morgan fingerprint density at radius 1 is 1.50 bits per heavy atom. The minimum absolute atomic E-state index is 0.0954. The lowest BCUT2D eigenvalue weighted by molar-refractivity contribution is -0.115. The maximum absolute atomic E-state index is 8.80. The van der Waals surface area contributed by atoms with Gasteiger partial charge in [-0.3, -0.25) is 0 Å². The molecular weight excluding hydrogens is 178 g/mol. The third kappa shape index (κ3) is 2.47. The highest BCUT2D eigenvalue weighted by molar-refractivity contribution is 4.93. The molecule has 1 aliphatic carbocycles. The van der Waals surface area contributed by atoms with Crippen LogP contribution in [0.3, 0.4) is 0 Å². The van der Waals surface area contributed by atoms with Gasteiger partial charge in [0.25, 0.3) is 0 Å². The zero-order valence-electron chi connectivity index (χ0n) is 9.17. The summed E-state index contributed by atoms with van der Waals surface area (Å²) in [6, 6.07) is 0. The maximum Gasteiger partial charge on any atom is 0.0833 e. The van der Waals surface area contributed by atoms with Gasteiger partial charge in [0.05, 0.1) is 18.8 Å². The third-order valence-corrected chi connectivity index (χ3v) is 3.35. The third-order valence-electron chi connectivity index (χ3n) is 3.35. The number of nitrogens with two attached hydrogens (primary N) is 1. The quantitative estimate of drug-likeness (QED) is 0.652. The van der Waals surface area contributed by atoms with Gasteiger partial charge in [-0.25, -0.2) is 0 Å². The van der Waals surface area contributed by atoms with Gasteiger partial charge in [0, 0.05) is 6.54 Å². The van der Waals surface area contributed by atoms with Crippen LogP contribution in [0, 0.1) is 5.92 Å². The fourth-order valence-electron chi connectivity index (χ4n) is 2.33. The molecule has 0 aromatic carbocycles. The van der Waals surface area contributed by atoms with Gasteiger partial charge in [0.2, 0.25) is 0 Å². The molecular formula is C11H23NO2. The summed E-state index contributed by atoms with van der Waals surface area (Å²) in [6.07, 6.45) is 5.90. The van der Waals surface area contributed by atoms with E-state index in [9.17, 15) is 0 Å². The van der Waals surface area contributed by atoms with Crippen LogP contribution in [0.4, 0.5) is 0 Å². The molecule has 0 saturated heterocycles. The first-order valence-electron chi connectivity index (χ1n) is 5.74. The highest BCUT2D eigenvalue weighted by Crippen LogP contribution is 2.40. The second-order valence-corrected chi connectivity index (χ2v) is 4.22. The normalized spacial score (nSPS) is 21.6. The van der Waals surface area contributed by atoms with E-state index in [4.69, 9.17) is 15.6 Å². The van der Waals surface area contributed by atoms with E-state index < -0.39 is 0 Å². The van der Waals surface area contributed by atoms with Crippen LogP contribution < -0.4 is 5.73 Å². The zero-order chi connectivity index (χ0) is 10.4. The van der Waals surface area contributed by atoms with Gasteiger partial charge < -0.3 is 15.6 Å². The SMILES string of the molecule is CCCC(CN)(OCCO)C1CCC1. The molecule has 1 unspecified atom stereocenters. The van der Waals surface area contributed by atoms with E-state index in [1.807, 2.05) is 0 Å². The minimum atomic E-state index is -0.143. The summed E-state index contributed by atoms with van der Waals surface area (Å²) in [6.45, 7) is 3.27. The zero-order valence-corrected chi connectivity index (χ0v) is 9.17. The molecule has 0 aliphatic heterocycles. The Bertz CT molecular complexity index is 159. The molecule has 0 spiro atoms. The molecule has 1 rings (SSSR count). The topological polar surface area (TPSA) is 55.5 Å². The van der Waals surface area contributed by atoms with Crippen LogP contribution in [0.15, 0.2) is 0 Å². The molecule has 1 atom stereocenters. The molecule has 3 nitrogen and oxygen atoms in total. The average Bonchev–Trinajstić information content (AvgIpc) is 2.11. The predicted octanol–water partition coefficient (Wildman–Crippen LogP) is 1.29. The number of hydrogen-bond acceptors (Lipinski definition) is 3. The molecule has 0 heterocycles. The van der Waals surface area contributed by atoms with Crippen molar-refractivity contribution in [2.75, 3.05) is 19.8 Å². The van der Waals surface area contributed by atoms with E-state index in [2.05, 4.69) is 6.92 Å². The second kappa shape index (κ2) is 5.69. The smallest absolute Gasteiger partial charge is 0.0833 e. The van der Waals surface area contributed by atoms with Crippen molar-refractivity contribution in [2.24, 2.45) is 11.7 Å². The summed E-state index contributed by atoms with van der Waals surface area (Å²) in [4.78, 5) is 0. The van der Waals surface area contributed by atoms with E-state index in [0.717, 1.165) is 12.8 Å². The molecule has 0 amide bonds. The van der Waals surface area contributed by atoms with E-state index in [1.54, 1.807) is 0 Å². The highest BCUT2D eigenvalue weighted by atomic mass is 16.5. The van der Waals surface area contributed by atoms with Crippen molar-refractivity contribution in [3.05, 3.63) is 0 Å². The lowest BCUT2D eigenvalue weighted by Crippen LogP contribution is -2.50. The number of ether oxygens (including phenoxy) is 1. The lowest BCUT2D eigenvalue weighted by atomic mass is 9.70. The first kappa shape index (κ1) is 12.0. The van der Waals surface area contributed by atoms with Crippen molar-refractivity contribution in [1.82, 2.24) is 0 Å². The molecule has 14 heavy (non-hydrogen) atoms. The Morgan fingerprint density at radius 2 is 2.21 bits per heavy atom. The van der Waals surface area contributed by atoms with Crippen LogP contribution in [-0.4, -0.2) is 30.5 Å². The summed E-state index contributed by atoms with van der Waals surface area (Å²) < 4.78 is 5.80. The van der Waals surface area contributed by atoms with Crippen LogP contribution in [-0.2, 0) is 4.74 Å². The summed E-state index contributed by atoms with van der Waals surface area (Å²) in [5.74, 6) is 0.624. The summed E-state index contributed by atoms with van der Waals surface area (Å²) in [5.41, 5.74) is 5.70. The van der Waals surface area contributed by atoms with Crippen molar-refractivity contribution in [3.63, 3.8) is 0 Å². The van der Waals surface area contributed by atoms with Crippen molar-refractivity contribution in [1.29, 1.82) is 0 Å². The van der Waals surface area contributed by atoms with E-state index >= 15 is 0 Å². The van der Waals surface area contributed by atoms with Gasteiger partial charge in [-0.05, 0) is 25.2 Å². The average molecular weight is 201 g/mol. The largest absolute Gasteiger partial charge is 0.394 e. The van der Waals surface area contributed by atoms with Gasteiger partial charge in [-0.15, -0.1) is 0 Å². The van der Waals surface area contributed by atoms with Crippen LogP contribution in [0.1, 0.15) is 39.0 Å². The Kier molecular flexibility index (Phi) is 4.85. The summed E-state index contributed by atoms with van der Waals surface area (Å²) in [7, 11) is 0. The van der Waals surface area contributed by atoms with Crippen molar-refractivity contribution < 1.29 is 9.84 Å². The molecule has 1 saturated carbocycles. The molecule has 0 bridgehead atoms. The molecule has 1 aliphatic rings. The van der Waals surface area contributed by atoms with Crippen LogP contribution in [0.2, 0.25) is 0 Å². The minimum Gasteiger partial charge on any atom is -0.394 e. The first-order valence-corrected chi connectivity index (χ1v) is 5.74. The van der Waals surface area contributed by atoms with Crippen molar-refractivity contribution in [3.8, 4) is 0 Å². The van der Waals surface area contributed by atoms with Gasteiger partial charge in [0.1, 0.15) is 0 Å². The van der Waals surface area contributed by atoms with E-state index in [1.165, 1.54) is 19.3 Å². The first-order chi connectivity index (χ1) is 6.79. The Labute approximate surface area is 86.6 Å². The predicted molar refractivity (Wildman–Crippen MR) is 57.1 cm³/mol. The Hall–Kier alpha value is -0.120. The maximum atomic E-state index is 8.80. The lowest BCUT2D eigenvalue weighted by Gasteiger charge is -2.44. The van der Waals surface area contributed by atoms with Crippen LogP contribution in [0.5, 0.6) is 0 Å². The fraction of sp³-hybridized carbons (Fsp3) is 1.00. The summed E-state index contributed by atoms with van der Waals surface area (Å²) in [5, 5.41) is 8.80. The molecule has 3 heteroatoms. The highest BCUT2D eigenvalue weighted by Gasteiger charge is 2.40. The fourth-order valence-corrected chi connectivity index (χ4v) is 2.33. The number of hydrogen-bond donors (Lipinski definition) is 2. The van der Waals surface area contributed by atoms with Crippen molar-refractivity contribution >= 4 is 0 Å². The molecule has 3 N–H and O–H groups in total. The monoisotopic (exact) mass is 201 g/mol. The summed E-state index contributed by atoms with van der Waals surface area (Å²) >= 11 is 0. The van der Waals surface area contributed by atoms with E-state index in [0.29, 0.717) is 19.1 Å².